The van der Waals surface area contributed by atoms with Crippen LogP contribution < -0.4 is 0 Å². The van der Waals surface area contributed by atoms with E-state index in [4.69, 9.17) is 4.11 Å². The first-order valence-electron chi connectivity index (χ1n) is 51.5. The van der Waals surface area contributed by atoms with E-state index in [0.29, 0.717) is 11.3 Å². The Morgan fingerprint density at radius 2 is 0.591 bits per heavy atom. The van der Waals surface area contributed by atoms with E-state index < -0.39 is 23.4 Å². The summed E-state index contributed by atoms with van der Waals surface area (Å²) in [6.45, 7) is 85.3. The first kappa shape index (κ1) is 109. The Labute approximate surface area is 788 Å². The SMILES string of the molecule is CC(C)(C)Cc1ccccc1C(C)(C)C.CC(C)(C)c1ccccc1C1CCCCC1.CC(C)(C)c1ccccc1CC(C)(C)C(F)(F)F.CC(C)Cc1ccccc1C(C)(C)C.CC(C)c1ccccc1C(C)(C)C.CCC(CC)c1ccccc1C(C)(C)C.[2H]C(CC)(CC)c1cccc(C([2H])(CC)CC)c1C(C)(C)C.[2H]C1(c2ccccc2C(C)(C)C)CCCCC1. The monoisotopic (exact) mass is 1740 g/mol. The third-order valence-electron chi connectivity index (χ3n) is 25.5. The molecule has 8 aromatic carbocycles. The Kier molecular flexibility index (Phi) is 43.9. The van der Waals surface area contributed by atoms with E-state index in [-0.39, 0.29) is 55.6 Å². The third-order valence-corrected chi connectivity index (χ3v) is 25.5. The van der Waals surface area contributed by atoms with Gasteiger partial charge in [0.15, 0.2) is 0 Å². The van der Waals surface area contributed by atoms with Gasteiger partial charge in [0.1, 0.15) is 0 Å². The lowest BCUT2D eigenvalue weighted by atomic mass is 9.73. The van der Waals surface area contributed by atoms with E-state index in [0.717, 1.165) is 85.0 Å². The first-order valence-corrected chi connectivity index (χ1v) is 50.0. The molecule has 0 spiro atoms. The maximum absolute atomic E-state index is 12.9. The summed E-state index contributed by atoms with van der Waals surface area (Å²) in [5, 5.41) is 0. The summed E-state index contributed by atoms with van der Waals surface area (Å²) in [5.41, 5.74) is 23.0. The van der Waals surface area contributed by atoms with Crippen LogP contribution in [0.25, 0.3) is 0 Å². The average Bonchev–Trinajstić information content (AvgIpc) is 0.763. The minimum atomic E-state index is -4.18. The second-order valence-corrected chi connectivity index (χ2v) is 47.7. The van der Waals surface area contributed by atoms with Gasteiger partial charge < -0.3 is 0 Å². The minimum Gasteiger partial charge on any atom is -0.171 e. The fraction of sp³-hybridized carbons (Fsp3) is 0.613. The highest BCUT2D eigenvalue weighted by Crippen LogP contribution is 2.46. The van der Waals surface area contributed by atoms with Crippen molar-refractivity contribution in [1.82, 2.24) is 0 Å². The highest BCUT2D eigenvalue weighted by atomic mass is 19.4. The van der Waals surface area contributed by atoms with E-state index in [2.05, 4.69) is 399 Å². The van der Waals surface area contributed by atoms with Crippen LogP contribution in [0.4, 0.5) is 13.2 Å². The molecule has 0 unspecified atom stereocenters. The summed E-state index contributed by atoms with van der Waals surface area (Å²) in [4.78, 5) is 0. The maximum atomic E-state index is 12.9. The van der Waals surface area contributed by atoms with E-state index in [9.17, 15) is 13.2 Å². The number of benzene rings is 8. The highest BCUT2D eigenvalue weighted by Gasteiger charge is 2.47. The average molecular weight is 1740 g/mol. The molecule has 0 N–H and O–H groups in total. The Hall–Kier alpha value is -6.45. The van der Waals surface area contributed by atoms with Crippen LogP contribution in [0.15, 0.2) is 188 Å². The summed E-state index contributed by atoms with van der Waals surface area (Å²) in [7, 11) is 0. The fourth-order valence-corrected chi connectivity index (χ4v) is 18.6. The van der Waals surface area contributed by atoms with E-state index in [1.165, 1.54) is 140 Å². The van der Waals surface area contributed by atoms with Gasteiger partial charge in [0.05, 0.1) is 5.41 Å². The molecule has 0 radical (unpaired) electrons. The van der Waals surface area contributed by atoms with Gasteiger partial charge >= 0.3 is 6.18 Å². The van der Waals surface area contributed by atoms with E-state index >= 15 is 0 Å². The second kappa shape index (κ2) is 51.0. The Balaban J connectivity index is 0.000000385. The molecule has 0 bridgehead atoms. The van der Waals surface area contributed by atoms with Gasteiger partial charge in [-0.15, -0.1) is 0 Å². The summed E-state index contributed by atoms with van der Waals surface area (Å²) in [6.07, 6.45) is 16.7. The molecule has 8 aromatic rings. The lowest BCUT2D eigenvalue weighted by Crippen LogP contribution is -2.34. The number of halogens is 3. The Bertz CT molecular complexity index is 4520. The molecule has 710 valence electrons. The highest BCUT2D eigenvalue weighted by molar-refractivity contribution is 5.45. The second-order valence-electron chi connectivity index (χ2n) is 47.7. The van der Waals surface area contributed by atoms with Crippen molar-refractivity contribution in [3.63, 3.8) is 0 Å². The van der Waals surface area contributed by atoms with Crippen molar-refractivity contribution in [2.24, 2.45) is 16.7 Å². The molecule has 3 heteroatoms. The van der Waals surface area contributed by atoms with Crippen LogP contribution in [0.5, 0.6) is 0 Å². The number of rotatable bonds is 17. The van der Waals surface area contributed by atoms with Gasteiger partial charge in [-0.25, -0.2) is 0 Å². The molecule has 0 atom stereocenters. The molecule has 2 aliphatic carbocycles. The molecular weight excluding hydrogens is 1550 g/mol. The lowest BCUT2D eigenvalue weighted by Gasteiger charge is -2.32. The summed E-state index contributed by atoms with van der Waals surface area (Å²) >= 11 is 0. The molecule has 0 aliphatic heterocycles. The van der Waals surface area contributed by atoms with Crippen molar-refractivity contribution in [2.45, 2.75) is 477 Å². The smallest absolute Gasteiger partial charge is 0.171 e. The molecule has 2 fully saturated rings. The molecule has 0 saturated heterocycles. The molecule has 10 rings (SSSR count). The molecule has 2 saturated carbocycles. The van der Waals surface area contributed by atoms with Crippen molar-refractivity contribution in [2.75, 3.05) is 0 Å². The standard InChI is InChI=1S/C20H34.2C16H24.C15H21F3.2C15H24.C14H22.C13H20/c1-8-15(9-2)17-13-12-14-18(16(10-3)11-4)19(17)20(5,6)7;2*1-16(2,3)15-12-8-7-11-14(15)13-9-5-4-6-10-13;1-13(2,3)12-9-7-6-8-11(12)10-14(4,5)15(16,17)18;1-14(2,3)11-12-9-7-8-10-13(12)15(4,5)6;1-6-12(7-2)13-10-8-9-11-14(13)15(3,4)5;1-11(2)10-12-8-6-7-9-13(12)14(3,4)5;1-10(2)11-8-6-7-9-12(11)13(3,4)5/h12-16H,8-11H2,1-7H3;2*7-8,11-13H,4-6,9-10H2,1-3H3;6-9H,10H2,1-5H3;7-10H,11H2,1-6H3;8-12H,6-7H2,1-5H3;6-9,11H,10H2,1-5H3;6-10H,1-5H3/i15D,16D;13D;;;;;;. The van der Waals surface area contributed by atoms with Crippen molar-refractivity contribution in [3.05, 3.63) is 283 Å². The van der Waals surface area contributed by atoms with Crippen LogP contribution in [-0.2, 0) is 62.6 Å². The van der Waals surface area contributed by atoms with Gasteiger partial charge in [0.25, 0.3) is 0 Å². The quantitative estimate of drug-likeness (QED) is 0.0852. The third kappa shape index (κ3) is 38.3. The van der Waals surface area contributed by atoms with Crippen molar-refractivity contribution < 1.29 is 17.3 Å². The van der Waals surface area contributed by atoms with E-state index in [1.807, 2.05) is 32.9 Å². The molecule has 127 heavy (non-hydrogen) atoms. The van der Waals surface area contributed by atoms with Crippen LogP contribution in [0.1, 0.15) is 507 Å². The van der Waals surface area contributed by atoms with Crippen molar-refractivity contribution >= 4 is 0 Å². The molecule has 0 nitrogen and oxygen atoms in total. The van der Waals surface area contributed by atoms with Crippen molar-refractivity contribution in [3.8, 4) is 0 Å². The summed E-state index contributed by atoms with van der Waals surface area (Å²) in [5.74, 6) is 1.46. The predicted molar refractivity (Wildman–Crippen MR) is 562 cm³/mol. The molecular formula is C124H193F3. The zero-order valence-electron chi connectivity index (χ0n) is 92.3. The number of alkyl halides is 3. The zero-order chi connectivity index (χ0) is 99.5. The summed E-state index contributed by atoms with van der Waals surface area (Å²) < 4.78 is 65.5. The Morgan fingerprint density at radius 1 is 0.299 bits per heavy atom. The van der Waals surface area contributed by atoms with Gasteiger partial charge in [-0.2, -0.15) is 13.2 Å². The molecule has 0 heterocycles. The molecule has 2 aliphatic rings. The van der Waals surface area contributed by atoms with Crippen LogP contribution in [0.3, 0.4) is 0 Å². The van der Waals surface area contributed by atoms with Gasteiger partial charge in [-0.1, -0.05) is 497 Å². The van der Waals surface area contributed by atoms with Crippen LogP contribution in [0.2, 0.25) is 0 Å². The zero-order valence-corrected chi connectivity index (χ0v) is 89.3. The predicted octanol–water partition coefficient (Wildman–Crippen LogP) is 39.7. The number of hydrogen-bond acceptors (Lipinski definition) is 0. The first-order chi connectivity index (χ1) is 59.6. The van der Waals surface area contributed by atoms with Gasteiger partial charge in [-0.05, 0) is 268 Å². The summed E-state index contributed by atoms with van der Waals surface area (Å²) in [6, 6.07) is 66.7. The normalized spacial score (nSPS) is 14.9. The van der Waals surface area contributed by atoms with Crippen LogP contribution in [-0.4, -0.2) is 6.18 Å². The molecule has 0 amide bonds. The van der Waals surface area contributed by atoms with Crippen LogP contribution >= 0.6 is 0 Å². The number of hydrogen-bond donors (Lipinski definition) is 0. The van der Waals surface area contributed by atoms with Gasteiger partial charge in [0, 0.05) is 4.11 Å². The fourth-order valence-electron chi connectivity index (χ4n) is 18.6. The largest absolute Gasteiger partial charge is 0.394 e. The lowest BCUT2D eigenvalue weighted by molar-refractivity contribution is -0.211. The molecule has 0 aromatic heterocycles. The Morgan fingerprint density at radius 3 is 0.921 bits per heavy atom. The van der Waals surface area contributed by atoms with Crippen LogP contribution in [0, 0.1) is 16.7 Å². The minimum absolute atomic E-state index is 0.0178. The van der Waals surface area contributed by atoms with Crippen molar-refractivity contribution in [1.29, 1.82) is 0 Å². The van der Waals surface area contributed by atoms with E-state index in [1.54, 1.807) is 28.8 Å². The topological polar surface area (TPSA) is 0 Å². The van der Waals surface area contributed by atoms with Gasteiger partial charge in [0.2, 0.25) is 0 Å². The maximum Gasteiger partial charge on any atom is 0.394 e. The van der Waals surface area contributed by atoms with Gasteiger partial charge in [-0.3, -0.25) is 0 Å².